The van der Waals surface area contributed by atoms with E-state index in [1.54, 1.807) is 20.8 Å². The summed E-state index contributed by atoms with van der Waals surface area (Å²) in [6.45, 7) is 9.36. The molecule has 118 valence electrons. The van der Waals surface area contributed by atoms with Gasteiger partial charge in [-0.1, -0.05) is 0 Å². The fraction of sp³-hybridized carbons (Fsp3) is 1.00. The number of rotatable bonds is 4. The predicted molar refractivity (Wildman–Crippen MR) is 83.7 cm³/mol. The van der Waals surface area contributed by atoms with E-state index < -0.39 is 14.6 Å². The Kier molecular flexibility index (Phi) is 5.14. The van der Waals surface area contributed by atoms with Crippen molar-refractivity contribution in [3.05, 3.63) is 0 Å². The minimum absolute atomic E-state index is 0.293. The van der Waals surface area contributed by atoms with E-state index in [0.717, 1.165) is 19.6 Å². The molecule has 2 rings (SSSR count). The van der Waals surface area contributed by atoms with Gasteiger partial charge in [-0.15, -0.1) is 0 Å². The van der Waals surface area contributed by atoms with E-state index in [2.05, 4.69) is 10.2 Å². The standard InChI is InChI=1S/C15H30N2O2S/c1-15(2,3)20(18,19)11-10-17-9-5-6-13(12-17)14-7-4-8-16-14/h13-14,16H,4-12H2,1-3H3. The van der Waals surface area contributed by atoms with Crippen LogP contribution in [-0.4, -0.2) is 56.0 Å². The molecule has 1 N–H and O–H groups in total. The van der Waals surface area contributed by atoms with Crippen LogP contribution in [0.15, 0.2) is 0 Å². The molecule has 0 aromatic heterocycles. The van der Waals surface area contributed by atoms with Crippen molar-refractivity contribution in [2.75, 3.05) is 31.9 Å². The molecule has 0 bridgehead atoms. The van der Waals surface area contributed by atoms with Crippen molar-refractivity contribution in [2.24, 2.45) is 5.92 Å². The van der Waals surface area contributed by atoms with Gasteiger partial charge in [0.1, 0.15) is 0 Å². The Labute approximate surface area is 124 Å². The topological polar surface area (TPSA) is 49.4 Å². The van der Waals surface area contributed by atoms with E-state index >= 15 is 0 Å². The number of nitrogens with zero attached hydrogens (tertiary/aromatic N) is 1. The van der Waals surface area contributed by atoms with Gasteiger partial charge in [0.15, 0.2) is 9.84 Å². The van der Waals surface area contributed by atoms with Crippen molar-refractivity contribution in [2.45, 2.75) is 57.2 Å². The minimum Gasteiger partial charge on any atom is -0.314 e. The first-order chi connectivity index (χ1) is 9.29. The van der Waals surface area contributed by atoms with E-state index in [-0.39, 0.29) is 0 Å². The van der Waals surface area contributed by atoms with Crippen LogP contribution in [0.4, 0.5) is 0 Å². The third-order valence-corrected chi connectivity index (χ3v) is 7.40. The fourth-order valence-electron chi connectivity index (χ4n) is 3.29. The number of hydrogen-bond donors (Lipinski definition) is 1. The van der Waals surface area contributed by atoms with Crippen molar-refractivity contribution < 1.29 is 8.42 Å². The largest absolute Gasteiger partial charge is 0.314 e. The lowest BCUT2D eigenvalue weighted by atomic mass is 9.90. The second-order valence-corrected chi connectivity index (χ2v) is 10.2. The van der Waals surface area contributed by atoms with E-state index in [0.29, 0.717) is 24.3 Å². The molecular formula is C15H30N2O2S. The van der Waals surface area contributed by atoms with Crippen molar-refractivity contribution in [1.29, 1.82) is 0 Å². The van der Waals surface area contributed by atoms with Gasteiger partial charge < -0.3 is 10.2 Å². The van der Waals surface area contributed by atoms with Crippen LogP contribution in [0.1, 0.15) is 46.5 Å². The van der Waals surface area contributed by atoms with Gasteiger partial charge in [-0.05, 0) is 65.5 Å². The summed E-state index contributed by atoms with van der Waals surface area (Å²) in [6.07, 6.45) is 5.08. The van der Waals surface area contributed by atoms with Crippen LogP contribution in [0.5, 0.6) is 0 Å². The SMILES string of the molecule is CC(C)(C)S(=O)(=O)CCN1CCCC(C2CCCN2)C1. The normalized spacial score (nSPS) is 29.8. The average molecular weight is 302 g/mol. The van der Waals surface area contributed by atoms with Gasteiger partial charge in [-0.3, -0.25) is 0 Å². The molecule has 2 atom stereocenters. The van der Waals surface area contributed by atoms with Crippen LogP contribution in [0, 0.1) is 5.92 Å². The van der Waals surface area contributed by atoms with E-state index in [4.69, 9.17) is 0 Å². The van der Waals surface area contributed by atoms with Crippen LogP contribution in [0.2, 0.25) is 0 Å². The molecule has 4 nitrogen and oxygen atoms in total. The molecule has 2 aliphatic heterocycles. The molecular weight excluding hydrogens is 272 g/mol. The van der Waals surface area contributed by atoms with Crippen LogP contribution < -0.4 is 5.32 Å². The summed E-state index contributed by atoms with van der Waals surface area (Å²) in [5.41, 5.74) is 0. The summed E-state index contributed by atoms with van der Waals surface area (Å²) >= 11 is 0. The molecule has 2 fully saturated rings. The monoisotopic (exact) mass is 302 g/mol. The van der Waals surface area contributed by atoms with Crippen molar-refractivity contribution >= 4 is 9.84 Å². The molecule has 2 aliphatic rings. The number of nitrogens with one attached hydrogen (secondary N) is 1. The number of piperidine rings is 1. The predicted octanol–water partition coefficient (Wildman–Crippen LogP) is 1.66. The Morgan fingerprint density at radius 3 is 2.55 bits per heavy atom. The van der Waals surface area contributed by atoms with Gasteiger partial charge in [0.05, 0.1) is 10.5 Å². The van der Waals surface area contributed by atoms with Gasteiger partial charge in [-0.25, -0.2) is 8.42 Å². The molecule has 0 saturated carbocycles. The Bertz CT molecular complexity index is 408. The second-order valence-electron chi connectivity index (χ2n) is 7.34. The molecule has 5 heteroatoms. The highest BCUT2D eigenvalue weighted by molar-refractivity contribution is 7.92. The lowest BCUT2D eigenvalue weighted by Gasteiger charge is -2.36. The van der Waals surface area contributed by atoms with Crippen molar-refractivity contribution in [1.82, 2.24) is 10.2 Å². The lowest BCUT2D eigenvalue weighted by Crippen LogP contribution is -2.45. The molecule has 0 aliphatic carbocycles. The first kappa shape index (κ1) is 16.2. The maximum Gasteiger partial charge on any atom is 0.156 e. The van der Waals surface area contributed by atoms with Crippen LogP contribution in [0.25, 0.3) is 0 Å². The van der Waals surface area contributed by atoms with Gasteiger partial charge >= 0.3 is 0 Å². The lowest BCUT2D eigenvalue weighted by molar-refractivity contribution is 0.159. The zero-order chi connectivity index (χ0) is 14.8. The molecule has 0 radical (unpaired) electrons. The molecule has 0 aromatic rings. The zero-order valence-electron chi connectivity index (χ0n) is 13.2. The molecule has 20 heavy (non-hydrogen) atoms. The van der Waals surface area contributed by atoms with Crippen LogP contribution in [-0.2, 0) is 9.84 Å². The Hall–Kier alpha value is -0.130. The minimum atomic E-state index is -2.99. The highest BCUT2D eigenvalue weighted by Gasteiger charge is 2.32. The summed E-state index contributed by atoms with van der Waals surface area (Å²) < 4.78 is 23.8. The van der Waals surface area contributed by atoms with Gasteiger partial charge in [0, 0.05) is 19.1 Å². The second kappa shape index (κ2) is 6.32. The Morgan fingerprint density at radius 2 is 1.95 bits per heavy atom. The molecule has 0 aromatic carbocycles. The molecule has 2 heterocycles. The Morgan fingerprint density at radius 1 is 1.20 bits per heavy atom. The number of likely N-dealkylation sites (tertiary alicyclic amines) is 1. The van der Waals surface area contributed by atoms with Crippen molar-refractivity contribution in [3.8, 4) is 0 Å². The summed E-state index contributed by atoms with van der Waals surface area (Å²) in [6, 6.07) is 0.664. The maximum atomic E-state index is 12.2. The quantitative estimate of drug-likeness (QED) is 0.858. The van der Waals surface area contributed by atoms with E-state index in [1.807, 2.05) is 0 Å². The maximum absolute atomic E-state index is 12.2. The third kappa shape index (κ3) is 3.95. The molecule has 2 unspecified atom stereocenters. The fourth-order valence-corrected chi connectivity index (χ4v) is 4.40. The van der Waals surface area contributed by atoms with E-state index in [9.17, 15) is 8.42 Å². The summed E-state index contributed by atoms with van der Waals surface area (Å²) in [4.78, 5) is 2.36. The highest BCUT2D eigenvalue weighted by atomic mass is 32.2. The molecule has 0 spiro atoms. The first-order valence-electron chi connectivity index (χ1n) is 7.98. The summed E-state index contributed by atoms with van der Waals surface area (Å²) in [7, 11) is -2.99. The average Bonchev–Trinajstić information content (AvgIpc) is 2.89. The van der Waals surface area contributed by atoms with Crippen LogP contribution in [0.3, 0.4) is 0 Å². The molecule has 0 amide bonds. The van der Waals surface area contributed by atoms with E-state index in [1.165, 1.54) is 25.7 Å². The summed E-state index contributed by atoms with van der Waals surface area (Å²) in [5.74, 6) is 1.00. The van der Waals surface area contributed by atoms with Gasteiger partial charge in [0.25, 0.3) is 0 Å². The first-order valence-corrected chi connectivity index (χ1v) is 9.63. The highest BCUT2D eigenvalue weighted by Crippen LogP contribution is 2.25. The summed E-state index contributed by atoms with van der Waals surface area (Å²) in [5, 5.41) is 3.60. The molecule has 2 saturated heterocycles. The Balaban J connectivity index is 1.84. The number of sulfone groups is 1. The number of hydrogen-bond acceptors (Lipinski definition) is 4. The van der Waals surface area contributed by atoms with Gasteiger partial charge in [0.2, 0.25) is 0 Å². The van der Waals surface area contributed by atoms with Crippen molar-refractivity contribution in [3.63, 3.8) is 0 Å². The van der Waals surface area contributed by atoms with Gasteiger partial charge in [-0.2, -0.15) is 0 Å². The van der Waals surface area contributed by atoms with Crippen LogP contribution >= 0.6 is 0 Å². The third-order valence-electron chi connectivity index (χ3n) is 4.82. The zero-order valence-corrected chi connectivity index (χ0v) is 14.0. The smallest absolute Gasteiger partial charge is 0.156 e.